The number of aromatic nitrogens is 2. The third-order valence-corrected chi connectivity index (χ3v) is 9.76. The maximum absolute atomic E-state index is 9.12. The molecule has 3 aromatic heterocycles. The van der Waals surface area contributed by atoms with Gasteiger partial charge in [0.25, 0.3) is 0 Å². The van der Waals surface area contributed by atoms with E-state index in [0.29, 0.717) is 11.1 Å². The van der Waals surface area contributed by atoms with Crippen molar-refractivity contribution >= 4 is 68.9 Å². The Balaban J connectivity index is 1.34. The van der Waals surface area contributed by atoms with Crippen LogP contribution < -0.4 is 9.44 Å². The van der Waals surface area contributed by atoms with E-state index in [1.54, 1.807) is 22.7 Å². The molecule has 0 atom stereocenters. The van der Waals surface area contributed by atoms with E-state index in [4.69, 9.17) is 19.3 Å². The molecule has 0 spiro atoms. The van der Waals surface area contributed by atoms with Crippen LogP contribution in [0.5, 0.6) is 0 Å². The van der Waals surface area contributed by atoms with Crippen LogP contribution in [0.25, 0.3) is 52.8 Å². The molecular formula is C28H14N6S4. The summed E-state index contributed by atoms with van der Waals surface area (Å²) in [5.41, 5.74) is 9.31. The first kappa shape index (κ1) is 23.0. The van der Waals surface area contributed by atoms with Crippen molar-refractivity contribution in [1.82, 2.24) is 8.75 Å². The summed E-state index contributed by atoms with van der Waals surface area (Å²) in [4.78, 5) is 4.46. The number of nitrogens with zero attached hydrogens (tertiary/aromatic N) is 4. The Morgan fingerprint density at radius 3 is 1.39 bits per heavy atom. The van der Waals surface area contributed by atoms with Gasteiger partial charge in [-0.05, 0) is 59.7 Å². The third kappa shape index (κ3) is 3.74. The van der Waals surface area contributed by atoms with Gasteiger partial charge >= 0.3 is 0 Å². The average molecular weight is 563 g/mol. The highest BCUT2D eigenvalue weighted by Gasteiger charge is 2.29. The fraction of sp³-hybridized carbons (Fsp3) is 0. The van der Waals surface area contributed by atoms with E-state index in [0.717, 1.165) is 64.2 Å². The van der Waals surface area contributed by atoms with Gasteiger partial charge in [-0.15, -0.1) is 22.7 Å². The molecule has 38 heavy (non-hydrogen) atoms. The molecule has 0 saturated heterocycles. The molecule has 0 bridgehead atoms. The number of rotatable bonds is 4. The predicted octanol–water partition coefficient (Wildman–Crippen LogP) is 8.63. The van der Waals surface area contributed by atoms with E-state index >= 15 is 0 Å². The Morgan fingerprint density at radius 1 is 0.553 bits per heavy atom. The fourth-order valence-corrected chi connectivity index (χ4v) is 7.84. The minimum absolute atomic E-state index is 0.650. The van der Waals surface area contributed by atoms with Crippen molar-refractivity contribution in [2.45, 2.75) is 0 Å². The van der Waals surface area contributed by atoms with Crippen molar-refractivity contribution in [2.24, 2.45) is 0 Å². The lowest BCUT2D eigenvalue weighted by molar-refractivity contribution is 1.49. The van der Waals surface area contributed by atoms with E-state index < -0.39 is 0 Å². The Morgan fingerprint density at radius 2 is 0.974 bits per heavy atom. The molecule has 0 aliphatic carbocycles. The first-order chi connectivity index (χ1) is 18.7. The highest BCUT2D eigenvalue weighted by Crippen LogP contribution is 2.54. The molecular weight excluding hydrogens is 549 g/mol. The molecule has 3 aromatic carbocycles. The Labute approximate surface area is 234 Å². The molecule has 1 aliphatic rings. The maximum Gasteiger partial charge on any atom is 0.116 e. The lowest BCUT2D eigenvalue weighted by Gasteiger charge is -2.11. The monoisotopic (exact) mass is 562 g/mol. The number of nitrogens with one attached hydrogen (secondary N) is 2. The van der Waals surface area contributed by atoms with Crippen LogP contribution in [0.4, 0.5) is 11.4 Å². The summed E-state index contributed by atoms with van der Waals surface area (Å²) in [5, 5.41) is 18.2. The normalized spacial score (nSPS) is 11.9. The third-order valence-electron chi connectivity index (χ3n) is 6.32. The summed E-state index contributed by atoms with van der Waals surface area (Å²) in [6.45, 7) is 0. The molecule has 0 unspecified atom stereocenters. The van der Waals surface area contributed by atoms with E-state index in [-0.39, 0.29) is 0 Å². The van der Waals surface area contributed by atoms with E-state index in [2.05, 4.69) is 45.8 Å². The van der Waals surface area contributed by atoms with E-state index in [1.165, 1.54) is 23.9 Å². The van der Waals surface area contributed by atoms with Gasteiger partial charge in [-0.2, -0.15) is 19.3 Å². The summed E-state index contributed by atoms with van der Waals surface area (Å²) >= 11 is 6.07. The Kier molecular flexibility index (Phi) is 5.61. The van der Waals surface area contributed by atoms with Gasteiger partial charge in [0.1, 0.15) is 11.0 Å². The minimum Gasteiger partial charge on any atom is -0.309 e. The molecule has 2 N–H and O–H groups in total. The van der Waals surface area contributed by atoms with Crippen molar-refractivity contribution in [3.05, 3.63) is 83.9 Å². The van der Waals surface area contributed by atoms with Gasteiger partial charge in [0.2, 0.25) is 0 Å². The number of nitriles is 2. The van der Waals surface area contributed by atoms with Crippen LogP contribution in [0.15, 0.2) is 72.8 Å². The molecule has 7 rings (SSSR count). The molecule has 1 aliphatic heterocycles. The van der Waals surface area contributed by atoms with Gasteiger partial charge in [0.05, 0.1) is 58.5 Å². The van der Waals surface area contributed by atoms with Crippen LogP contribution in [-0.4, -0.2) is 8.75 Å². The highest BCUT2D eigenvalue weighted by atomic mass is 32.2. The molecule has 4 heterocycles. The Hall–Kier alpha value is -4.19. The molecule has 0 saturated carbocycles. The van der Waals surface area contributed by atoms with Crippen LogP contribution >= 0.6 is 46.5 Å². The minimum atomic E-state index is 0.650. The number of thiophene rings is 2. The fourth-order valence-electron chi connectivity index (χ4n) is 4.49. The molecule has 0 radical (unpaired) electrons. The lowest BCUT2D eigenvalue weighted by Crippen LogP contribution is -1.90. The summed E-state index contributed by atoms with van der Waals surface area (Å²) in [5.74, 6) is 0. The van der Waals surface area contributed by atoms with Crippen molar-refractivity contribution in [3.63, 3.8) is 0 Å². The summed E-state index contributed by atoms with van der Waals surface area (Å²) in [6.07, 6.45) is 0. The second kappa shape index (κ2) is 9.28. The second-order valence-electron chi connectivity index (χ2n) is 8.47. The molecule has 10 heteroatoms. The smallest absolute Gasteiger partial charge is 0.116 e. The molecule has 0 fully saturated rings. The number of hydrogen-bond donors (Lipinski definition) is 2. The number of fused-ring (bicyclic) bond motifs is 2. The first-order valence-corrected chi connectivity index (χ1v) is 14.6. The standard InChI is InChI=1S/C28H14N6S4/c29-13-15-1-5-17(6-2-15)19-9-11-21(35-19)23-25-27(33-37-31-25)24(28-26(23)32-38-34-28)22-12-10-20(36-22)18-7-3-16(14-30)4-8-18/h1-12,31,33H. The van der Waals surface area contributed by atoms with E-state index in [1.807, 2.05) is 48.5 Å². The quantitative estimate of drug-likeness (QED) is 0.208. The van der Waals surface area contributed by atoms with E-state index in [9.17, 15) is 0 Å². The zero-order valence-electron chi connectivity index (χ0n) is 19.4. The number of anilines is 2. The van der Waals surface area contributed by atoms with Gasteiger partial charge in [0, 0.05) is 30.6 Å². The summed E-state index contributed by atoms with van der Waals surface area (Å²) < 4.78 is 16.4. The summed E-state index contributed by atoms with van der Waals surface area (Å²) in [7, 11) is 0. The Bertz CT molecular complexity index is 1780. The average Bonchev–Trinajstić information content (AvgIpc) is 3.79. The van der Waals surface area contributed by atoms with Crippen LogP contribution in [0.1, 0.15) is 11.1 Å². The van der Waals surface area contributed by atoms with Crippen molar-refractivity contribution in [3.8, 4) is 53.9 Å². The highest BCUT2D eigenvalue weighted by molar-refractivity contribution is 8.02. The second-order valence-corrected chi connectivity index (χ2v) is 11.8. The predicted molar refractivity (Wildman–Crippen MR) is 159 cm³/mol. The number of hydrogen-bond acceptors (Lipinski definition) is 10. The van der Waals surface area contributed by atoms with Gasteiger partial charge in [-0.25, -0.2) is 0 Å². The maximum atomic E-state index is 9.12. The molecule has 6 aromatic rings. The van der Waals surface area contributed by atoms with Gasteiger partial charge < -0.3 is 9.44 Å². The molecule has 0 amide bonds. The topological polar surface area (TPSA) is 97.4 Å². The van der Waals surface area contributed by atoms with Crippen molar-refractivity contribution in [2.75, 3.05) is 9.44 Å². The first-order valence-electron chi connectivity index (χ1n) is 11.4. The largest absolute Gasteiger partial charge is 0.309 e. The molecule has 180 valence electrons. The van der Waals surface area contributed by atoms with Crippen LogP contribution in [-0.2, 0) is 0 Å². The SMILES string of the molecule is N#Cc1ccc(-c2ccc(-c3c4c(c(-c5ccc(-c6ccc(C#N)cc6)s5)c5nsnc35)NSN4)s2)cc1. The molecule has 6 nitrogen and oxygen atoms in total. The van der Waals surface area contributed by atoms with Gasteiger partial charge in [-0.3, -0.25) is 0 Å². The van der Waals surface area contributed by atoms with Crippen molar-refractivity contribution in [1.29, 1.82) is 10.5 Å². The van der Waals surface area contributed by atoms with Gasteiger partial charge in [0.15, 0.2) is 0 Å². The number of benzene rings is 3. The zero-order valence-corrected chi connectivity index (χ0v) is 22.6. The zero-order chi connectivity index (χ0) is 25.6. The lowest BCUT2D eigenvalue weighted by atomic mass is 10.0. The van der Waals surface area contributed by atoms with Crippen LogP contribution in [0.3, 0.4) is 0 Å². The van der Waals surface area contributed by atoms with Crippen LogP contribution in [0, 0.1) is 22.7 Å². The van der Waals surface area contributed by atoms with Crippen molar-refractivity contribution < 1.29 is 0 Å². The summed E-state index contributed by atoms with van der Waals surface area (Å²) in [6, 6.07) is 28.2. The van der Waals surface area contributed by atoms with Crippen LogP contribution in [0.2, 0.25) is 0 Å². The van der Waals surface area contributed by atoms with Gasteiger partial charge in [-0.1, -0.05) is 24.3 Å².